The van der Waals surface area contributed by atoms with Crippen molar-refractivity contribution in [1.29, 1.82) is 0 Å². The lowest BCUT2D eigenvalue weighted by molar-refractivity contribution is 0.384. The SMILES string of the molecule is CCCC(C)c1nn(-c2c(Cl)cccc2Cl)c2nc(Cc3cc(C)no3)[nH]c(=O)c12. The fourth-order valence-electron chi connectivity index (χ4n) is 3.61. The average molecular weight is 446 g/mol. The number of aromatic amines is 1. The first-order chi connectivity index (χ1) is 14.4. The Labute approximate surface area is 183 Å². The van der Waals surface area contributed by atoms with Gasteiger partial charge in [0.05, 0.1) is 27.9 Å². The van der Waals surface area contributed by atoms with Crippen LogP contribution in [0, 0.1) is 6.92 Å². The molecule has 0 saturated carbocycles. The number of rotatable bonds is 6. The number of H-pyrrole nitrogens is 1. The summed E-state index contributed by atoms with van der Waals surface area (Å²) in [6.07, 6.45) is 2.16. The standard InChI is InChI=1S/C21H21Cl2N5O2/c1-4-6-11(2)18-17-20(28(26-18)19-14(22)7-5-8-15(19)23)24-16(25-21(17)29)10-13-9-12(3)27-30-13/h5,7-9,11H,4,6,10H2,1-3H3,(H,24,25,29). The van der Waals surface area contributed by atoms with Crippen LogP contribution in [0.5, 0.6) is 0 Å². The highest BCUT2D eigenvalue weighted by atomic mass is 35.5. The monoisotopic (exact) mass is 445 g/mol. The third-order valence-electron chi connectivity index (χ3n) is 4.97. The van der Waals surface area contributed by atoms with E-state index in [4.69, 9.17) is 37.8 Å². The Morgan fingerprint density at radius 3 is 2.63 bits per heavy atom. The van der Waals surface area contributed by atoms with Crippen LogP contribution in [0.15, 0.2) is 33.6 Å². The molecule has 4 rings (SSSR count). The lowest BCUT2D eigenvalue weighted by Crippen LogP contribution is -2.14. The van der Waals surface area contributed by atoms with E-state index in [2.05, 4.69) is 24.0 Å². The van der Waals surface area contributed by atoms with Crippen molar-refractivity contribution in [2.75, 3.05) is 0 Å². The molecule has 0 aliphatic heterocycles. The van der Waals surface area contributed by atoms with Crippen molar-refractivity contribution in [3.8, 4) is 5.69 Å². The van der Waals surface area contributed by atoms with E-state index in [9.17, 15) is 4.79 Å². The van der Waals surface area contributed by atoms with E-state index in [-0.39, 0.29) is 11.5 Å². The molecule has 0 radical (unpaired) electrons. The number of para-hydroxylation sites is 1. The van der Waals surface area contributed by atoms with Crippen molar-refractivity contribution in [2.24, 2.45) is 0 Å². The summed E-state index contributed by atoms with van der Waals surface area (Å²) in [5.41, 5.74) is 2.10. The molecule has 1 aromatic carbocycles. The third kappa shape index (κ3) is 3.75. The molecular formula is C21H21Cl2N5O2. The van der Waals surface area contributed by atoms with Gasteiger partial charge in [-0.05, 0) is 25.5 Å². The van der Waals surface area contributed by atoms with Crippen LogP contribution in [0.3, 0.4) is 0 Å². The summed E-state index contributed by atoms with van der Waals surface area (Å²) < 4.78 is 6.85. The molecule has 9 heteroatoms. The minimum absolute atomic E-state index is 0.0747. The summed E-state index contributed by atoms with van der Waals surface area (Å²) in [5, 5.41) is 9.93. The van der Waals surface area contributed by atoms with Crippen molar-refractivity contribution < 1.29 is 4.52 Å². The molecule has 0 bridgehead atoms. The highest BCUT2D eigenvalue weighted by molar-refractivity contribution is 6.37. The van der Waals surface area contributed by atoms with Gasteiger partial charge in [-0.25, -0.2) is 9.67 Å². The Morgan fingerprint density at radius 1 is 1.27 bits per heavy atom. The van der Waals surface area contributed by atoms with Crippen LogP contribution in [0.1, 0.15) is 55.6 Å². The van der Waals surface area contributed by atoms with E-state index < -0.39 is 0 Å². The Bertz CT molecular complexity index is 1250. The summed E-state index contributed by atoms with van der Waals surface area (Å²) in [6, 6.07) is 7.03. The fourth-order valence-corrected chi connectivity index (χ4v) is 4.16. The molecular weight excluding hydrogens is 425 g/mol. The molecule has 30 heavy (non-hydrogen) atoms. The van der Waals surface area contributed by atoms with Crippen molar-refractivity contribution in [3.05, 3.63) is 67.6 Å². The van der Waals surface area contributed by atoms with Crippen LogP contribution in [0.4, 0.5) is 0 Å². The zero-order valence-corrected chi connectivity index (χ0v) is 18.4. The largest absolute Gasteiger partial charge is 0.361 e. The molecule has 3 aromatic heterocycles. The van der Waals surface area contributed by atoms with Gasteiger partial charge in [-0.2, -0.15) is 5.10 Å². The molecule has 0 saturated heterocycles. The number of nitrogens with one attached hydrogen (secondary N) is 1. The Balaban J connectivity index is 1.96. The third-order valence-corrected chi connectivity index (χ3v) is 5.58. The maximum atomic E-state index is 13.1. The molecule has 4 aromatic rings. The number of aryl methyl sites for hydroxylation is 1. The minimum atomic E-state index is -0.251. The number of nitrogens with zero attached hydrogens (tertiary/aromatic N) is 4. The van der Waals surface area contributed by atoms with Crippen molar-refractivity contribution in [3.63, 3.8) is 0 Å². The second-order valence-corrected chi connectivity index (χ2v) is 8.19. The van der Waals surface area contributed by atoms with Gasteiger partial charge in [0.2, 0.25) is 0 Å². The van der Waals surface area contributed by atoms with Crippen molar-refractivity contribution in [1.82, 2.24) is 24.9 Å². The van der Waals surface area contributed by atoms with E-state index in [0.29, 0.717) is 50.5 Å². The van der Waals surface area contributed by atoms with Crippen LogP contribution in [0.2, 0.25) is 10.0 Å². The van der Waals surface area contributed by atoms with Gasteiger partial charge in [-0.1, -0.05) is 54.7 Å². The Hall–Kier alpha value is -2.64. The molecule has 156 valence electrons. The molecule has 7 nitrogen and oxygen atoms in total. The van der Waals surface area contributed by atoms with E-state index in [1.54, 1.807) is 28.9 Å². The predicted molar refractivity (Wildman–Crippen MR) is 117 cm³/mol. The van der Waals surface area contributed by atoms with Crippen LogP contribution in [-0.4, -0.2) is 24.9 Å². The number of benzene rings is 1. The fraction of sp³-hybridized carbons (Fsp3) is 0.333. The van der Waals surface area contributed by atoms with Gasteiger partial charge in [0.1, 0.15) is 22.7 Å². The summed E-state index contributed by atoms with van der Waals surface area (Å²) in [4.78, 5) is 20.6. The first-order valence-electron chi connectivity index (χ1n) is 9.77. The highest BCUT2D eigenvalue weighted by Gasteiger charge is 2.24. The van der Waals surface area contributed by atoms with E-state index in [1.165, 1.54) is 0 Å². The zero-order chi connectivity index (χ0) is 21.4. The van der Waals surface area contributed by atoms with E-state index in [0.717, 1.165) is 18.5 Å². The number of hydrogen-bond donors (Lipinski definition) is 1. The smallest absolute Gasteiger partial charge is 0.262 e. The van der Waals surface area contributed by atoms with Crippen LogP contribution >= 0.6 is 23.2 Å². The normalized spacial score (nSPS) is 12.6. The van der Waals surface area contributed by atoms with Crippen LogP contribution in [-0.2, 0) is 6.42 Å². The Morgan fingerprint density at radius 2 is 2.00 bits per heavy atom. The van der Waals surface area contributed by atoms with Crippen LogP contribution in [0.25, 0.3) is 16.7 Å². The van der Waals surface area contributed by atoms with Gasteiger partial charge in [0.25, 0.3) is 5.56 Å². The quantitative estimate of drug-likeness (QED) is 0.439. The molecule has 0 fully saturated rings. The number of halogens is 2. The van der Waals surface area contributed by atoms with Gasteiger partial charge >= 0.3 is 0 Å². The molecule has 0 aliphatic carbocycles. The zero-order valence-electron chi connectivity index (χ0n) is 16.9. The molecule has 1 N–H and O–H groups in total. The molecule has 0 spiro atoms. The second kappa shape index (κ2) is 8.24. The van der Waals surface area contributed by atoms with Gasteiger partial charge in [0.15, 0.2) is 5.65 Å². The highest BCUT2D eigenvalue weighted by Crippen LogP contribution is 2.33. The number of hydrogen-bond acceptors (Lipinski definition) is 5. The maximum absolute atomic E-state index is 13.1. The molecule has 1 unspecified atom stereocenters. The lowest BCUT2D eigenvalue weighted by Gasteiger charge is -2.08. The molecule has 0 aliphatic rings. The van der Waals surface area contributed by atoms with Gasteiger partial charge in [-0.3, -0.25) is 4.79 Å². The molecule has 3 heterocycles. The van der Waals surface area contributed by atoms with Gasteiger partial charge in [0, 0.05) is 12.0 Å². The van der Waals surface area contributed by atoms with E-state index >= 15 is 0 Å². The molecule has 1 atom stereocenters. The number of aromatic nitrogens is 5. The minimum Gasteiger partial charge on any atom is -0.361 e. The summed E-state index contributed by atoms with van der Waals surface area (Å²) in [5.74, 6) is 1.13. The lowest BCUT2D eigenvalue weighted by atomic mass is 10.0. The second-order valence-electron chi connectivity index (χ2n) is 7.38. The maximum Gasteiger partial charge on any atom is 0.262 e. The summed E-state index contributed by atoms with van der Waals surface area (Å²) in [7, 11) is 0. The first-order valence-corrected chi connectivity index (χ1v) is 10.5. The summed E-state index contributed by atoms with van der Waals surface area (Å²) in [6.45, 7) is 5.98. The Kier molecular flexibility index (Phi) is 5.66. The van der Waals surface area contributed by atoms with Crippen LogP contribution < -0.4 is 5.56 Å². The van der Waals surface area contributed by atoms with E-state index in [1.807, 2.05) is 6.92 Å². The van der Waals surface area contributed by atoms with Crippen molar-refractivity contribution >= 4 is 34.2 Å². The topological polar surface area (TPSA) is 89.6 Å². The first kappa shape index (κ1) is 20.6. The van der Waals surface area contributed by atoms with Gasteiger partial charge < -0.3 is 9.51 Å². The van der Waals surface area contributed by atoms with Crippen molar-refractivity contribution in [2.45, 2.75) is 46.0 Å². The number of fused-ring (bicyclic) bond motifs is 1. The average Bonchev–Trinajstić information content (AvgIpc) is 3.26. The summed E-state index contributed by atoms with van der Waals surface area (Å²) >= 11 is 12.9. The van der Waals surface area contributed by atoms with Gasteiger partial charge in [-0.15, -0.1) is 0 Å². The predicted octanol–water partition coefficient (Wildman–Crippen LogP) is 5.21. The molecule has 0 amide bonds.